The molecule has 132 valence electrons. The van der Waals surface area contributed by atoms with Crippen LogP contribution in [0, 0.1) is 19.7 Å². The predicted molar refractivity (Wildman–Crippen MR) is 97.1 cm³/mol. The minimum atomic E-state index is -0.304. The van der Waals surface area contributed by atoms with Crippen LogP contribution in [0.3, 0.4) is 0 Å². The van der Waals surface area contributed by atoms with Crippen molar-refractivity contribution in [2.24, 2.45) is 0 Å². The lowest BCUT2D eigenvalue weighted by Gasteiger charge is -2.24. The van der Waals surface area contributed by atoms with Crippen molar-refractivity contribution in [2.45, 2.75) is 39.7 Å². The number of aromatic amines is 1. The van der Waals surface area contributed by atoms with Crippen LogP contribution in [0.4, 0.5) is 4.39 Å². The second kappa shape index (κ2) is 6.92. The average molecular weight is 360 g/mol. The molecule has 0 bridgehead atoms. The molecule has 1 aromatic carbocycles. The molecule has 0 aliphatic heterocycles. The van der Waals surface area contributed by atoms with Crippen LogP contribution < -0.4 is 0 Å². The standard InChI is InChI=1S/C18H21FN4OS/c1-10(18-11(2)25-12(3)20-18)23(4)17(24)8-7-16-21-14-6-5-13(19)9-15(14)22-16/h5-6,9-10H,7-8H2,1-4H3,(H,21,22). The number of hydrogen-bond acceptors (Lipinski definition) is 4. The fraction of sp³-hybridized carbons (Fsp3) is 0.389. The highest BCUT2D eigenvalue weighted by Gasteiger charge is 2.21. The Hall–Kier alpha value is -2.28. The quantitative estimate of drug-likeness (QED) is 0.750. The first kappa shape index (κ1) is 17.5. The largest absolute Gasteiger partial charge is 0.342 e. The zero-order valence-electron chi connectivity index (χ0n) is 14.8. The number of carbonyl (C=O) groups is 1. The van der Waals surface area contributed by atoms with Crippen LogP contribution in [0.25, 0.3) is 11.0 Å². The Labute approximate surface area is 149 Å². The van der Waals surface area contributed by atoms with Crippen LogP contribution in [-0.4, -0.2) is 32.8 Å². The highest BCUT2D eigenvalue weighted by molar-refractivity contribution is 7.11. The third kappa shape index (κ3) is 3.71. The molecule has 7 heteroatoms. The Morgan fingerprint density at radius 3 is 2.80 bits per heavy atom. The van der Waals surface area contributed by atoms with Crippen molar-refractivity contribution in [3.8, 4) is 0 Å². The molecule has 3 aromatic rings. The topological polar surface area (TPSA) is 61.9 Å². The first-order valence-corrected chi connectivity index (χ1v) is 9.00. The summed E-state index contributed by atoms with van der Waals surface area (Å²) < 4.78 is 13.2. The number of thiazole rings is 1. The average Bonchev–Trinajstić information content (AvgIpc) is 3.12. The zero-order chi connectivity index (χ0) is 18.1. The van der Waals surface area contributed by atoms with Crippen molar-refractivity contribution in [3.63, 3.8) is 0 Å². The summed E-state index contributed by atoms with van der Waals surface area (Å²) in [6.07, 6.45) is 0.826. The van der Waals surface area contributed by atoms with E-state index < -0.39 is 0 Å². The van der Waals surface area contributed by atoms with Gasteiger partial charge in [0.2, 0.25) is 5.91 Å². The van der Waals surface area contributed by atoms with Crippen molar-refractivity contribution >= 4 is 28.3 Å². The number of hydrogen-bond donors (Lipinski definition) is 1. The number of halogens is 1. The van der Waals surface area contributed by atoms with Crippen molar-refractivity contribution < 1.29 is 9.18 Å². The molecule has 2 aromatic heterocycles. The molecule has 25 heavy (non-hydrogen) atoms. The van der Waals surface area contributed by atoms with Crippen molar-refractivity contribution in [2.75, 3.05) is 7.05 Å². The number of nitrogens with one attached hydrogen (secondary N) is 1. The summed E-state index contributed by atoms with van der Waals surface area (Å²) >= 11 is 1.65. The number of nitrogens with zero attached hydrogens (tertiary/aromatic N) is 3. The van der Waals surface area contributed by atoms with Gasteiger partial charge in [0.05, 0.1) is 27.8 Å². The Kier molecular flexibility index (Phi) is 4.85. The van der Waals surface area contributed by atoms with Crippen LogP contribution in [-0.2, 0) is 11.2 Å². The molecule has 0 fully saturated rings. The summed E-state index contributed by atoms with van der Waals surface area (Å²) in [6.45, 7) is 5.99. The molecule has 3 rings (SSSR count). The maximum Gasteiger partial charge on any atom is 0.223 e. The van der Waals surface area contributed by atoms with E-state index >= 15 is 0 Å². The predicted octanol–water partition coefficient (Wildman–Crippen LogP) is 3.93. The van der Waals surface area contributed by atoms with Crippen molar-refractivity contribution in [1.29, 1.82) is 0 Å². The Morgan fingerprint density at radius 2 is 2.12 bits per heavy atom. The summed E-state index contributed by atoms with van der Waals surface area (Å²) in [5.41, 5.74) is 2.31. The normalized spacial score (nSPS) is 12.5. The van der Waals surface area contributed by atoms with Crippen molar-refractivity contribution in [1.82, 2.24) is 19.9 Å². The smallest absolute Gasteiger partial charge is 0.223 e. The Bertz CT molecular complexity index is 917. The fourth-order valence-corrected chi connectivity index (χ4v) is 3.79. The van der Waals surface area contributed by atoms with E-state index in [2.05, 4.69) is 15.0 Å². The van der Waals surface area contributed by atoms with Gasteiger partial charge in [-0.3, -0.25) is 4.79 Å². The molecule has 1 atom stereocenters. The summed E-state index contributed by atoms with van der Waals surface area (Å²) in [6, 6.07) is 4.36. The molecular formula is C18H21FN4OS. The molecule has 1 unspecified atom stereocenters. The minimum absolute atomic E-state index is 0.0317. The third-order valence-corrected chi connectivity index (χ3v) is 5.28. The number of H-pyrrole nitrogens is 1. The summed E-state index contributed by atoms with van der Waals surface area (Å²) in [7, 11) is 1.80. The summed E-state index contributed by atoms with van der Waals surface area (Å²) in [5, 5.41) is 1.01. The van der Waals surface area contributed by atoms with Crippen LogP contribution >= 0.6 is 11.3 Å². The van der Waals surface area contributed by atoms with E-state index in [1.54, 1.807) is 29.4 Å². The molecule has 0 radical (unpaired) electrons. The van der Waals surface area contributed by atoms with Gasteiger partial charge in [-0.1, -0.05) is 0 Å². The van der Waals surface area contributed by atoms with E-state index in [1.165, 1.54) is 12.1 Å². The molecule has 0 spiro atoms. The van der Waals surface area contributed by atoms with Crippen LogP contribution in [0.15, 0.2) is 18.2 Å². The number of aryl methyl sites for hydroxylation is 3. The minimum Gasteiger partial charge on any atom is -0.342 e. The number of carbonyl (C=O) groups excluding carboxylic acids is 1. The SMILES string of the molecule is Cc1nc(C(C)N(C)C(=O)CCc2nc3ccc(F)cc3[nH]2)c(C)s1. The lowest BCUT2D eigenvalue weighted by molar-refractivity contribution is -0.131. The molecule has 0 aliphatic carbocycles. The van der Waals surface area contributed by atoms with Gasteiger partial charge in [0.25, 0.3) is 0 Å². The van der Waals surface area contributed by atoms with Crippen LogP contribution in [0.2, 0.25) is 0 Å². The highest BCUT2D eigenvalue weighted by atomic mass is 32.1. The van der Waals surface area contributed by atoms with Gasteiger partial charge < -0.3 is 9.88 Å². The molecule has 2 heterocycles. The molecule has 0 aliphatic rings. The van der Waals surface area contributed by atoms with Gasteiger partial charge in [0.1, 0.15) is 11.6 Å². The van der Waals surface area contributed by atoms with Crippen LogP contribution in [0.1, 0.15) is 40.8 Å². The lowest BCUT2D eigenvalue weighted by atomic mass is 10.1. The van der Waals surface area contributed by atoms with E-state index in [4.69, 9.17) is 0 Å². The number of fused-ring (bicyclic) bond motifs is 1. The zero-order valence-corrected chi connectivity index (χ0v) is 15.6. The molecule has 0 saturated heterocycles. The number of amides is 1. The fourth-order valence-electron chi connectivity index (χ4n) is 2.89. The second-order valence-electron chi connectivity index (χ2n) is 6.20. The van der Waals surface area contributed by atoms with Crippen molar-refractivity contribution in [3.05, 3.63) is 45.4 Å². The maximum absolute atomic E-state index is 13.2. The monoisotopic (exact) mass is 360 g/mol. The van der Waals surface area contributed by atoms with E-state index in [9.17, 15) is 9.18 Å². The maximum atomic E-state index is 13.2. The van der Waals surface area contributed by atoms with Crippen LogP contribution in [0.5, 0.6) is 0 Å². The van der Waals surface area contributed by atoms with E-state index in [0.29, 0.717) is 29.7 Å². The van der Waals surface area contributed by atoms with Gasteiger partial charge in [0.15, 0.2) is 0 Å². The van der Waals surface area contributed by atoms with Gasteiger partial charge in [0, 0.05) is 24.8 Å². The van der Waals surface area contributed by atoms with E-state index in [0.717, 1.165) is 15.6 Å². The first-order valence-electron chi connectivity index (χ1n) is 8.19. The molecule has 5 nitrogen and oxygen atoms in total. The number of benzene rings is 1. The van der Waals surface area contributed by atoms with Gasteiger partial charge in [-0.25, -0.2) is 14.4 Å². The lowest BCUT2D eigenvalue weighted by Crippen LogP contribution is -2.30. The Morgan fingerprint density at radius 1 is 1.36 bits per heavy atom. The second-order valence-corrected chi connectivity index (χ2v) is 7.61. The molecular weight excluding hydrogens is 339 g/mol. The third-order valence-electron chi connectivity index (χ3n) is 4.38. The first-order chi connectivity index (χ1) is 11.8. The highest BCUT2D eigenvalue weighted by Crippen LogP contribution is 2.26. The number of aromatic nitrogens is 3. The summed E-state index contributed by atoms with van der Waals surface area (Å²) in [4.78, 5) is 27.4. The molecule has 0 saturated carbocycles. The number of rotatable bonds is 5. The van der Waals surface area contributed by atoms with Gasteiger partial charge in [-0.05, 0) is 39.0 Å². The van der Waals surface area contributed by atoms with E-state index in [1.807, 2.05) is 20.8 Å². The number of imidazole rings is 1. The van der Waals surface area contributed by atoms with E-state index in [-0.39, 0.29) is 17.8 Å². The Balaban J connectivity index is 1.65. The van der Waals surface area contributed by atoms with Gasteiger partial charge in [-0.15, -0.1) is 11.3 Å². The molecule has 1 amide bonds. The van der Waals surface area contributed by atoms with Gasteiger partial charge in [-0.2, -0.15) is 0 Å². The molecule has 1 N–H and O–H groups in total. The summed E-state index contributed by atoms with van der Waals surface area (Å²) in [5.74, 6) is 0.418. The van der Waals surface area contributed by atoms with Gasteiger partial charge >= 0.3 is 0 Å².